The second-order valence-corrected chi connectivity index (χ2v) is 4.05. The van der Waals surface area contributed by atoms with Gasteiger partial charge in [0.15, 0.2) is 0 Å². The van der Waals surface area contributed by atoms with Gasteiger partial charge < -0.3 is 14.2 Å². The highest BCUT2D eigenvalue weighted by atomic mass is 19.4. The molecule has 1 fully saturated rings. The van der Waals surface area contributed by atoms with E-state index in [1.54, 1.807) is 0 Å². The van der Waals surface area contributed by atoms with Gasteiger partial charge in [-0.1, -0.05) is 0 Å². The van der Waals surface area contributed by atoms with Crippen molar-refractivity contribution in [1.29, 1.82) is 0 Å². The Kier molecular flexibility index (Phi) is 4.10. The lowest BCUT2D eigenvalue weighted by molar-refractivity contribution is -0.459. The summed E-state index contributed by atoms with van der Waals surface area (Å²) in [6.07, 6.45) is -13.7. The molecule has 0 aromatic carbocycles. The Morgan fingerprint density at radius 3 is 1.84 bits per heavy atom. The Morgan fingerprint density at radius 2 is 1.53 bits per heavy atom. The summed E-state index contributed by atoms with van der Waals surface area (Å²) in [6, 6.07) is 0. The van der Waals surface area contributed by atoms with Crippen LogP contribution in [0, 0.1) is 0 Å². The lowest BCUT2D eigenvalue weighted by Gasteiger charge is -2.47. The number of methoxy groups -OCH3 is 1. The number of ether oxygens (including phenoxy) is 3. The van der Waals surface area contributed by atoms with Crippen LogP contribution in [0.2, 0.25) is 0 Å². The minimum Gasteiger partial charge on any atom is -0.373 e. The third-order valence-electron chi connectivity index (χ3n) is 2.67. The zero-order valence-corrected chi connectivity index (χ0v) is 9.86. The molecule has 0 aromatic heterocycles. The Balaban J connectivity index is 3.37. The van der Waals surface area contributed by atoms with E-state index in [0.717, 1.165) is 6.92 Å². The maximum atomic E-state index is 13.9. The Hall–Kier alpha value is -0.610. The molecule has 1 aliphatic heterocycles. The van der Waals surface area contributed by atoms with Crippen LogP contribution < -0.4 is 0 Å². The van der Waals surface area contributed by atoms with Gasteiger partial charge in [-0.15, -0.1) is 0 Å². The first-order valence-corrected chi connectivity index (χ1v) is 5.04. The van der Waals surface area contributed by atoms with Gasteiger partial charge in [0, 0.05) is 7.11 Å². The van der Waals surface area contributed by atoms with E-state index in [2.05, 4.69) is 14.2 Å². The predicted octanol–water partition coefficient (Wildman–Crippen LogP) is 2.60. The lowest BCUT2D eigenvalue weighted by atomic mass is 9.92. The molecule has 2 atom stereocenters. The molecule has 0 amide bonds. The Bertz CT molecular complexity index is 313. The summed E-state index contributed by atoms with van der Waals surface area (Å²) >= 11 is 0. The molecular formula is C9H11F7O3. The normalized spacial score (nSPS) is 30.5. The summed E-state index contributed by atoms with van der Waals surface area (Å²) in [5, 5.41) is 0. The highest BCUT2D eigenvalue weighted by molar-refractivity contribution is 5.07. The maximum Gasteiger partial charge on any atom is 0.437 e. The van der Waals surface area contributed by atoms with Gasteiger partial charge in [-0.2, -0.15) is 26.3 Å². The molecule has 1 saturated heterocycles. The third kappa shape index (κ3) is 2.40. The van der Waals surface area contributed by atoms with Crippen LogP contribution in [0.4, 0.5) is 30.7 Å². The van der Waals surface area contributed by atoms with Crippen LogP contribution in [0.5, 0.6) is 0 Å². The average molecular weight is 300 g/mol. The molecule has 114 valence electrons. The minimum absolute atomic E-state index is 0.267. The number of alkyl halides is 7. The Morgan fingerprint density at radius 1 is 1.05 bits per heavy atom. The maximum absolute atomic E-state index is 13.9. The fourth-order valence-electron chi connectivity index (χ4n) is 1.77. The summed E-state index contributed by atoms with van der Waals surface area (Å²) in [7, 11) is 0.493. The number of rotatable bonds is 2. The zero-order chi connectivity index (χ0) is 15.1. The highest BCUT2D eigenvalue weighted by Gasteiger charge is 2.84. The van der Waals surface area contributed by atoms with Gasteiger partial charge in [-0.25, -0.2) is 4.39 Å². The molecule has 0 spiro atoms. The molecule has 1 heterocycles. The zero-order valence-electron chi connectivity index (χ0n) is 9.86. The topological polar surface area (TPSA) is 27.7 Å². The van der Waals surface area contributed by atoms with Gasteiger partial charge in [0.2, 0.25) is 5.79 Å². The molecule has 0 bridgehead atoms. The summed E-state index contributed by atoms with van der Waals surface area (Å²) < 4.78 is 103. The van der Waals surface area contributed by atoms with Gasteiger partial charge in [0.05, 0.1) is 12.7 Å². The van der Waals surface area contributed by atoms with Gasteiger partial charge in [0.1, 0.15) is 6.61 Å². The molecule has 0 saturated carbocycles. The van der Waals surface area contributed by atoms with E-state index < -0.39 is 36.5 Å². The number of hydrogen-bond acceptors (Lipinski definition) is 3. The van der Waals surface area contributed by atoms with Crippen molar-refractivity contribution in [3.8, 4) is 0 Å². The fraction of sp³-hybridized carbons (Fsp3) is 1.00. The quantitative estimate of drug-likeness (QED) is 0.734. The molecule has 1 rings (SSSR count). The average Bonchev–Trinajstić information content (AvgIpc) is 2.24. The van der Waals surface area contributed by atoms with Crippen molar-refractivity contribution >= 4 is 0 Å². The van der Waals surface area contributed by atoms with Crippen molar-refractivity contribution in [2.45, 2.75) is 36.8 Å². The largest absolute Gasteiger partial charge is 0.437 e. The van der Waals surface area contributed by atoms with E-state index in [4.69, 9.17) is 0 Å². The second kappa shape index (κ2) is 4.74. The molecule has 2 unspecified atom stereocenters. The first-order valence-electron chi connectivity index (χ1n) is 5.04. The van der Waals surface area contributed by atoms with Crippen LogP contribution >= 0.6 is 0 Å². The molecule has 0 aliphatic carbocycles. The summed E-state index contributed by atoms with van der Waals surface area (Å²) in [4.78, 5) is 0. The van der Waals surface area contributed by atoms with Crippen molar-refractivity contribution in [3.05, 3.63) is 0 Å². The summed E-state index contributed by atoms with van der Waals surface area (Å²) in [6.45, 7) is -0.458. The van der Waals surface area contributed by atoms with Crippen molar-refractivity contribution in [3.63, 3.8) is 0 Å². The van der Waals surface area contributed by atoms with Crippen LogP contribution in [0.15, 0.2) is 0 Å². The molecular weight excluding hydrogens is 289 g/mol. The Labute approximate surface area is 103 Å². The minimum atomic E-state index is -6.28. The fourth-order valence-corrected chi connectivity index (χ4v) is 1.77. The SMILES string of the molecule is COC1(C(F)(C(F)(F)F)C(F)(F)F)COCC(C)O1. The first kappa shape index (κ1) is 16.4. The summed E-state index contributed by atoms with van der Waals surface area (Å²) in [5.41, 5.74) is -5.70. The summed E-state index contributed by atoms with van der Waals surface area (Å²) in [5.74, 6) is -3.62. The monoisotopic (exact) mass is 300 g/mol. The van der Waals surface area contributed by atoms with Gasteiger partial charge >= 0.3 is 18.0 Å². The van der Waals surface area contributed by atoms with Crippen LogP contribution in [-0.2, 0) is 14.2 Å². The van der Waals surface area contributed by atoms with Gasteiger partial charge in [-0.05, 0) is 6.92 Å². The molecule has 19 heavy (non-hydrogen) atoms. The molecule has 10 heteroatoms. The molecule has 3 nitrogen and oxygen atoms in total. The van der Waals surface area contributed by atoms with E-state index in [-0.39, 0.29) is 6.61 Å². The molecule has 0 aromatic rings. The van der Waals surface area contributed by atoms with Crippen LogP contribution in [0.25, 0.3) is 0 Å². The molecule has 1 aliphatic rings. The van der Waals surface area contributed by atoms with Crippen molar-refractivity contribution < 1.29 is 44.9 Å². The van der Waals surface area contributed by atoms with E-state index in [1.165, 1.54) is 0 Å². The van der Waals surface area contributed by atoms with E-state index in [0.29, 0.717) is 7.11 Å². The van der Waals surface area contributed by atoms with Crippen LogP contribution in [-0.4, -0.2) is 50.2 Å². The standard InChI is InChI=1S/C9H11F7O3/c1-5-3-18-4-6(17-2,19-5)7(10,8(11,12)13)9(14,15)16/h5H,3-4H2,1-2H3. The highest BCUT2D eigenvalue weighted by Crippen LogP contribution is 2.54. The van der Waals surface area contributed by atoms with Crippen LogP contribution in [0.3, 0.4) is 0 Å². The third-order valence-corrected chi connectivity index (χ3v) is 2.67. The van der Waals surface area contributed by atoms with Crippen molar-refractivity contribution in [2.24, 2.45) is 0 Å². The first-order chi connectivity index (χ1) is 8.41. The number of hydrogen-bond donors (Lipinski definition) is 0. The number of halogens is 7. The van der Waals surface area contributed by atoms with Gasteiger partial charge in [0.25, 0.3) is 0 Å². The van der Waals surface area contributed by atoms with Crippen molar-refractivity contribution in [2.75, 3.05) is 20.3 Å². The van der Waals surface area contributed by atoms with Crippen LogP contribution in [0.1, 0.15) is 6.92 Å². The van der Waals surface area contributed by atoms with E-state index >= 15 is 0 Å². The predicted molar refractivity (Wildman–Crippen MR) is 47.1 cm³/mol. The van der Waals surface area contributed by atoms with E-state index in [9.17, 15) is 30.7 Å². The molecule has 0 radical (unpaired) electrons. The van der Waals surface area contributed by atoms with Crippen molar-refractivity contribution in [1.82, 2.24) is 0 Å². The lowest BCUT2D eigenvalue weighted by Crippen LogP contribution is -2.73. The van der Waals surface area contributed by atoms with Gasteiger partial charge in [-0.3, -0.25) is 0 Å². The second-order valence-electron chi connectivity index (χ2n) is 4.05. The van der Waals surface area contributed by atoms with E-state index in [1.807, 2.05) is 0 Å². The smallest absolute Gasteiger partial charge is 0.373 e. The molecule has 0 N–H and O–H groups in total.